The van der Waals surface area contributed by atoms with Gasteiger partial charge in [0.25, 0.3) is 0 Å². The fourth-order valence-corrected chi connectivity index (χ4v) is 2.68. The number of halogens is 3. The van der Waals surface area contributed by atoms with Gasteiger partial charge in [-0.1, -0.05) is 23.7 Å². The van der Waals surface area contributed by atoms with Gasteiger partial charge in [0.2, 0.25) is 5.91 Å². The SMILES string of the molecule is O=C(CCSc1ccccc1F)Nc1cc(Cl)ccc1F. The number of benzene rings is 2. The van der Waals surface area contributed by atoms with Crippen LogP contribution in [0, 0.1) is 11.6 Å². The first-order valence-corrected chi connectivity index (χ1v) is 7.55. The summed E-state index contributed by atoms with van der Waals surface area (Å²) in [6.45, 7) is 0. The van der Waals surface area contributed by atoms with E-state index in [0.29, 0.717) is 15.7 Å². The lowest BCUT2D eigenvalue weighted by molar-refractivity contribution is -0.115. The maximum atomic E-state index is 13.4. The van der Waals surface area contributed by atoms with E-state index in [1.54, 1.807) is 18.2 Å². The Morgan fingerprint density at radius 3 is 2.67 bits per heavy atom. The number of amides is 1. The van der Waals surface area contributed by atoms with Crippen LogP contribution in [0.25, 0.3) is 0 Å². The zero-order valence-corrected chi connectivity index (χ0v) is 12.5. The molecule has 0 unspecified atom stereocenters. The Morgan fingerprint density at radius 2 is 1.90 bits per heavy atom. The first-order valence-electron chi connectivity index (χ1n) is 6.18. The Balaban J connectivity index is 1.85. The lowest BCUT2D eigenvalue weighted by Gasteiger charge is -2.07. The predicted octanol–water partition coefficient (Wildman–Crippen LogP) is 4.74. The van der Waals surface area contributed by atoms with E-state index in [1.807, 2.05) is 0 Å². The van der Waals surface area contributed by atoms with E-state index in [4.69, 9.17) is 11.6 Å². The largest absolute Gasteiger partial charge is 0.324 e. The molecule has 0 atom stereocenters. The maximum Gasteiger partial charge on any atom is 0.225 e. The van der Waals surface area contributed by atoms with Crippen molar-refractivity contribution in [2.75, 3.05) is 11.1 Å². The van der Waals surface area contributed by atoms with Crippen LogP contribution in [0.5, 0.6) is 0 Å². The van der Waals surface area contributed by atoms with Gasteiger partial charge in [-0.15, -0.1) is 11.8 Å². The number of hydrogen-bond donors (Lipinski definition) is 1. The van der Waals surface area contributed by atoms with Crippen molar-refractivity contribution >= 4 is 35.0 Å². The first kappa shape index (κ1) is 15.8. The molecule has 0 saturated carbocycles. The smallest absolute Gasteiger partial charge is 0.225 e. The number of carbonyl (C=O) groups is 1. The van der Waals surface area contributed by atoms with Crippen LogP contribution in [0.2, 0.25) is 5.02 Å². The highest BCUT2D eigenvalue weighted by Gasteiger charge is 2.08. The molecule has 2 rings (SSSR count). The van der Waals surface area contributed by atoms with Crippen molar-refractivity contribution in [1.82, 2.24) is 0 Å². The fraction of sp³-hybridized carbons (Fsp3) is 0.133. The molecule has 0 radical (unpaired) electrons. The van der Waals surface area contributed by atoms with E-state index in [2.05, 4.69) is 5.32 Å². The normalized spacial score (nSPS) is 10.4. The molecule has 21 heavy (non-hydrogen) atoms. The van der Waals surface area contributed by atoms with Crippen molar-refractivity contribution in [2.24, 2.45) is 0 Å². The second-order valence-corrected chi connectivity index (χ2v) is 5.77. The van der Waals surface area contributed by atoms with Crippen LogP contribution in [0.4, 0.5) is 14.5 Å². The Kier molecular flexibility index (Phi) is 5.59. The molecule has 6 heteroatoms. The van der Waals surface area contributed by atoms with Gasteiger partial charge in [-0.25, -0.2) is 8.78 Å². The highest BCUT2D eigenvalue weighted by atomic mass is 35.5. The number of thioether (sulfide) groups is 1. The zero-order valence-electron chi connectivity index (χ0n) is 10.9. The average Bonchev–Trinajstić information content (AvgIpc) is 2.45. The van der Waals surface area contributed by atoms with Crippen LogP contribution in [-0.4, -0.2) is 11.7 Å². The van der Waals surface area contributed by atoms with Crippen molar-refractivity contribution in [3.63, 3.8) is 0 Å². The standard InChI is InChI=1S/C15H12ClF2NOS/c16-10-5-6-11(17)13(9-10)19-15(20)7-8-21-14-4-2-1-3-12(14)18/h1-6,9H,7-8H2,(H,19,20). The van der Waals surface area contributed by atoms with E-state index in [0.717, 1.165) is 0 Å². The van der Waals surface area contributed by atoms with Crippen LogP contribution >= 0.6 is 23.4 Å². The molecule has 110 valence electrons. The van der Waals surface area contributed by atoms with Gasteiger partial charge in [0.05, 0.1) is 5.69 Å². The summed E-state index contributed by atoms with van der Waals surface area (Å²) in [5.41, 5.74) is 0.0448. The monoisotopic (exact) mass is 327 g/mol. The highest BCUT2D eigenvalue weighted by Crippen LogP contribution is 2.23. The van der Waals surface area contributed by atoms with Gasteiger partial charge in [0.1, 0.15) is 11.6 Å². The maximum absolute atomic E-state index is 13.4. The topological polar surface area (TPSA) is 29.1 Å². The second-order valence-electron chi connectivity index (χ2n) is 4.20. The van der Waals surface area contributed by atoms with Crippen molar-refractivity contribution in [2.45, 2.75) is 11.3 Å². The number of rotatable bonds is 5. The molecule has 2 nitrogen and oxygen atoms in total. The van der Waals surface area contributed by atoms with Crippen molar-refractivity contribution in [1.29, 1.82) is 0 Å². The van der Waals surface area contributed by atoms with E-state index in [-0.39, 0.29) is 23.8 Å². The highest BCUT2D eigenvalue weighted by molar-refractivity contribution is 7.99. The van der Waals surface area contributed by atoms with Crippen LogP contribution in [0.3, 0.4) is 0 Å². The number of hydrogen-bond acceptors (Lipinski definition) is 2. The molecule has 0 aromatic heterocycles. The van der Waals surface area contributed by atoms with E-state index < -0.39 is 5.82 Å². The van der Waals surface area contributed by atoms with Crippen molar-refractivity contribution < 1.29 is 13.6 Å². The molecule has 0 spiro atoms. The average molecular weight is 328 g/mol. The van der Waals surface area contributed by atoms with Gasteiger partial charge < -0.3 is 5.32 Å². The minimum Gasteiger partial charge on any atom is -0.324 e. The van der Waals surface area contributed by atoms with Crippen LogP contribution in [0.15, 0.2) is 47.4 Å². The Labute approximate surface area is 130 Å². The van der Waals surface area contributed by atoms with Gasteiger partial charge in [0.15, 0.2) is 0 Å². The minimum absolute atomic E-state index is 0.0448. The van der Waals surface area contributed by atoms with Crippen LogP contribution in [-0.2, 0) is 4.79 Å². The van der Waals surface area contributed by atoms with Gasteiger partial charge in [0, 0.05) is 22.1 Å². The van der Waals surface area contributed by atoms with Gasteiger partial charge in [-0.05, 0) is 30.3 Å². The molecule has 0 saturated heterocycles. The summed E-state index contributed by atoms with van der Waals surface area (Å²) in [4.78, 5) is 12.2. The molecule has 2 aromatic rings. The summed E-state index contributed by atoms with van der Waals surface area (Å²) in [6, 6.07) is 10.3. The quantitative estimate of drug-likeness (QED) is 0.804. The number of nitrogens with one attached hydrogen (secondary N) is 1. The summed E-state index contributed by atoms with van der Waals surface area (Å²) in [5.74, 6) is -0.812. The predicted molar refractivity (Wildman–Crippen MR) is 81.8 cm³/mol. The van der Waals surface area contributed by atoms with Gasteiger partial charge in [-0.2, -0.15) is 0 Å². The molecule has 0 aliphatic rings. The van der Waals surface area contributed by atoms with E-state index in [9.17, 15) is 13.6 Å². The van der Waals surface area contributed by atoms with Crippen molar-refractivity contribution in [3.8, 4) is 0 Å². The van der Waals surface area contributed by atoms with Crippen LogP contribution in [0.1, 0.15) is 6.42 Å². The third-order valence-electron chi connectivity index (χ3n) is 2.63. The lowest BCUT2D eigenvalue weighted by atomic mass is 10.3. The molecule has 2 aromatic carbocycles. The molecule has 0 heterocycles. The summed E-state index contributed by atoms with van der Waals surface area (Å²) >= 11 is 6.98. The first-order chi connectivity index (χ1) is 10.1. The molecule has 0 aliphatic heterocycles. The molecular formula is C15H12ClF2NOS. The van der Waals surface area contributed by atoms with E-state index in [1.165, 1.54) is 36.0 Å². The molecule has 1 N–H and O–H groups in total. The Morgan fingerprint density at radius 1 is 1.14 bits per heavy atom. The molecule has 1 amide bonds. The Hall–Kier alpha value is -1.59. The van der Waals surface area contributed by atoms with Gasteiger partial charge >= 0.3 is 0 Å². The zero-order chi connectivity index (χ0) is 15.2. The summed E-state index contributed by atoms with van der Waals surface area (Å²) in [6.07, 6.45) is 0.144. The number of anilines is 1. The summed E-state index contributed by atoms with van der Waals surface area (Å²) in [7, 11) is 0. The van der Waals surface area contributed by atoms with Crippen molar-refractivity contribution in [3.05, 3.63) is 59.1 Å². The third kappa shape index (κ3) is 4.72. The van der Waals surface area contributed by atoms with E-state index >= 15 is 0 Å². The van der Waals surface area contributed by atoms with Gasteiger partial charge in [-0.3, -0.25) is 4.79 Å². The fourth-order valence-electron chi connectivity index (χ4n) is 1.62. The Bertz CT molecular complexity index is 651. The molecule has 0 bridgehead atoms. The third-order valence-corrected chi connectivity index (χ3v) is 3.91. The summed E-state index contributed by atoms with van der Waals surface area (Å²) < 4.78 is 26.8. The second kappa shape index (κ2) is 7.43. The molecule has 0 aliphatic carbocycles. The lowest BCUT2D eigenvalue weighted by Crippen LogP contribution is -2.13. The molecule has 0 fully saturated rings. The minimum atomic E-state index is -0.547. The summed E-state index contributed by atoms with van der Waals surface area (Å²) in [5, 5.41) is 2.79. The van der Waals surface area contributed by atoms with Crippen LogP contribution < -0.4 is 5.32 Å². The molecular weight excluding hydrogens is 316 g/mol. The number of carbonyl (C=O) groups excluding carboxylic acids is 1.